The van der Waals surface area contributed by atoms with Crippen LogP contribution in [0.4, 0.5) is 10.5 Å². The molecule has 0 spiro atoms. The summed E-state index contributed by atoms with van der Waals surface area (Å²) in [6.07, 6.45) is 0. The number of benzene rings is 2. The van der Waals surface area contributed by atoms with Crippen molar-refractivity contribution in [1.82, 2.24) is 10.6 Å². The SMILES string of the molecule is CCOc1ccc(C2NC(=O)NC(C)=C2C(=O)Nc2ccc(Cl)cc2)cc1. The Morgan fingerprint density at radius 2 is 1.81 bits per heavy atom. The molecule has 0 saturated heterocycles. The van der Waals surface area contributed by atoms with E-state index in [-0.39, 0.29) is 11.9 Å². The number of anilines is 1. The Morgan fingerprint density at radius 1 is 1.15 bits per heavy atom. The van der Waals surface area contributed by atoms with Gasteiger partial charge in [0.2, 0.25) is 0 Å². The minimum Gasteiger partial charge on any atom is -0.494 e. The van der Waals surface area contributed by atoms with E-state index in [1.807, 2.05) is 31.2 Å². The molecule has 0 radical (unpaired) electrons. The van der Waals surface area contributed by atoms with Crippen LogP contribution in [0, 0.1) is 0 Å². The van der Waals surface area contributed by atoms with E-state index in [4.69, 9.17) is 16.3 Å². The predicted molar refractivity (Wildman–Crippen MR) is 105 cm³/mol. The van der Waals surface area contributed by atoms with E-state index >= 15 is 0 Å². The lowest BCUT2D eigenvalue weighted by atomic mass is 9.94. The molecule has 6 nitrogen and oxygen atoms in total. The Balaban J connectivity index is 1.89. The Hall–Kier alpha value is -2.99. The van der Waals surface area contributed by atoms with Gasteiger partial charge in [0, 0.05) is 16.4 Å². The molecule has 3 amide bonds. The second-order valence-corrected chi connectivity index (χ2v) is 6.47. The molecular formula is C20H20ClN3O3. The first-order chi connectivity index (χ1) is 13.0. The second-order valence-electron chi connectivity index (χ2n) is 6.03. The highest BCUT2D eigenvalue weighted by atomic mass is 35.5. The molecule has 0 saturated carbocycles. The van der Waals surface area contributed by atoms with Gasteiger partial charge < -0.3 is 20.7 Å². The van der Waals surface area contributed by atoms with E-state index in [0.717, 1.165) is 11.3 Å². The summed E-state index contributed by atoms with van der Waals surface area (Å²) in [7, 11) is 0. The Bertz CT molecular complexity index is 876. The molecule has 3 N–H and O–H groups in total. The molecule has 2 aromatic carbocycles. The summed E-state index contributed by atoms with van der Waals surface area (Å²) >= 11 is 5.88. The lowest BCUT2D eigenvalue weighted by Crippen LogP contribution is -2.45. The van der Waals surface area contributed by atoms with E-state index < -0.39 is 6.04 Å². The van der Waals surface area contributed by atoms with Crippen molar-refractivity contribution in [3.05, 3.63) is 70.4 Å². The number of hydrogen-bond acceptors (Lipinski definition) is 3. The summed E-state index contributed by atoms with van der Waals surface area (Å²) in [5.41, 5.74) is 2.35. The summed E-state index contributed by atoms with van der Waals surface area (Å²) in [5, 5.41) is 8.90. The topological polar surface area (TPSA) is 79.5 Å². The van der Waals surface area contributed by atoms with Gasteiger partial charge in [-0.05, 0) is 55.8 Å². The van der Waals surface area contributed by atoms with Crippen molar-refractivity contribution >= 4 is 29.2 Å². The van der Waals surface area contributed by atoms with Crippen LogP contribution in [0.2, 0.25) is 5.02 Å². The van der Waals surface area contributed by atoms with Crippen LogP contribution in [-0.4, -0.2) is 18.5 Å². The normalized spacial score (nSPS) is 16.4. The van der Waals surface area contributed by atoms with Crippen molar-refractivity contribution in [3.63, 3.8) is 0 Å². The molecule has 1 aliphatic heterocycles. The van der Waals surface area contributed by atoms with E-state index in [1.54, 1.807) is 31.2 Å². The summed E-state index contributed by atoms with van der Waals surface area (Å²) in [6.45, 7) is 4.18. The fourth-order valence-corrected chi connectivity index (χ4v) is 3.03. The maximum atomic E-state index is 12.9. The van der Waals surface area contributed by atoms with Gasteiger partial charge in [-0.25, -0.2) is 4.79 Å². The Labute approximate surface area is 162 Å². The zero-order valence-corrected chi connectivity index (χ0v) is 15.8. The van der Waals surface area contributed by atoms with Crippen molar-refractivity contribution < 1.29 is 14.3 Å². The first-order valence-corrected chi connectivity index (χ1v) is 8.93. The molecule has 0 fully saturated rings. The van der Waals surface area contributed by atoms with Gasteiger partial charge in [0.1, 0.15) is 5.75 Å². The first-order valence-electron chi connectivity index (χ1n) is 8.56. The molecule has 1 heterocycles. The van der Waals surface area contributed by atoms with Crippen LogP contribution < -0.4 is 20.7 Å². The molecule has 0 aromatic heterocycles. The van der Waals surface area contributed by atoms with Gasteiger partial charge in [0.05, 0.1) is 18.2 Å². The molecule has 7 heteroatoms. The predicted octanol–water partition coefficient (Wildman–Crippen LogP) is 4.01. The van der Waals surface area contributed by atoms with Gasteiger partial charge >= 0.3 is 6.03 Å². The Kier molecular flexibility index (Phi) is 5.66. The van der Waals surface area contributed by atoms with Crippen molar-refractivity contribution in [3.8, 4) is 5.75 Å². The average Bonchev–Trinajstić information content (AvgIpc) is 2.64. The number of urea groups is 1. The number of allylic oxidation sites excluding steroid dienone is 1. The van der Waals surface area contributed by atoms with E-state index in [9.17, 15) is 9.59 Å². The quantitative estimate of drug-likeness (QED) is 0.727. The number of halogens is 1. The van der Waals surface area contributed by atoms with Gasteiger partial charge in [0.15, 0.2) is 0 Å². The molecule has 140 valence electrons. The summed E-state index contributed by atoms with van der Waals surface area (Å²) in [5.74, 6) is 0.426. The van der Waals surface area contributed by atoms with Crippen LogP contribution in [0.15, 0.2) is 59.8 Å². The maximum absolute atomic E-state index is 12.9. The van der Waals surface area contributed by atoms with Crippen molar-refractivity contribution in [1.29, 1.82) is 0 Å². The zero-order valence-electron chi connectivity index (χ0n) is 15.0. The number of hydrogen-bond donors (Lipinski definition) is 3. The maximum Gasteiger partial charge on any atom is 0.319 e. The molecule has 1 aliphatic rings. The van der Waals surface area contributed by atoms with Crippen LogP contribution >= 0.6 is 11.6 Å². The van der Waals surface area contributed by atoms with Gasteiger partial charge in [-0.1, -0.05) is 23.7 Å². The average molecular weight is 386 g/mol. The highest BCUT2D eigenvalue weighted by molar-refractivity contribution is 6.30. The van der Waals surface area contributed by atoms with Gasteiger partial charge in [-0.2, -0.15) is 0 Å². The lowest BCUT2D eigenvalue weighted by Gasteiger charge is -2.28. The number of nitrogens with one attached hydrogen (secondary N) is 3. The van der Waals surface area contributed by atoms with Crippen molar-refractivity contribution in [2.24, 2.45) is 0 Å². The molecule has 2 aromatic rings. The van der Waals surface area contributed by atoms with Crippen molar-refractivity contribution in [2.45, 2.75) is 19.9 Å². The molecule has 3 rings (SSSR count). The number of ether oxygens (including phenoxy) is 1. The molecule has 0 aliphatic carbocycles. The largest absolute Gasteiger partial charge is 0.494 e. The first kappa shape index (κ1) is 18.8. The lowest BCUT2D eigenvalue weighted by molar-refractivity contribution is -0.113. The fraction of sp³-hybridized carbons (Fsp3) is 0.200. The summed E-state index contributed by atoms with van der Waals surface area (Å²) < 4.78 is 5.45. The molecule has 1 atom stereocenters. The minimum atomic E-state index is -0.568. The third-order valence-electron chi connectivity index (χ3n) is 4.14. The molecular weight excluding hydrogens is 366 g/mol. The van der Waals surface area contributed by atoms with Crippen LogP contribution in [0.25, 0.3) is 0 Å². The van der Waals surface area contributed by atoms with Gasteiger partial charge in [0.25, 0.3) is 5.91 Å². The summed E-state index contributed by atoms with van der Waals surface area (Å²) in [6, 6.07) is 13.2. The van der Waals surface area contributed by atoms with Crippen LogP contribution in [0.3, 0.4) is 0 Å². The van der Waals surface area contributed by atoms with Crippen molar-refractivity contribution in [2.75, 3.05) is 11.9 Å². The third kappa shape index (κ3) is 4.41. The number of carbonyl (C=O) groups is 2. The molecule has 1 unspecified atom stereocenters. The zero-order chi connectivity index (χ0) is 19.4. The standard InChI is InChI=1S/C20H20ClN3O3/c1-3-27-16-10-4-13(5-11-16)18-17(12(2)22-20(26)24-18)19(25)23-15-8-6-14(21)7-9-15/h4-11,18H,3H2,1-2H3,(H,23,25)(H2,22,24,26). The monoisotopic (exact) mass is 385 g/mol. The fourth-order valence-electron chi connectivity index (χ4n) is 2.90. The second kappa shape index (κ2) is 8.14. The van der Waals surface area contributed by atoms with Gasteiger partial charge in [-0.3, -0.25) is 4.79 Å². The number of carbonyl (C=O) groups excluding carboxylic acids is 2. The van der Waals surface area contributed by atoms with Crippen LogP contribution in [0.1, 0.15) is 25.5 Å². The smallest absolute Gasteiger partial charge is 0.319 e. The highest BCUT2D eigenvalue weighted by Gasteiger charge is 2.31. The Morgan fingerprint density at radius 3 is 2.44 bits per heavy atom. The van der Waals surface area contributed by atoms with Gasteiger partial charge in [-0.15, -0.1) is 0 Å². The molecule has 27 heavy (non-hydrogen) atoms. The van der Waals surface area contributed by atoms with Crippen LogP contribution in [0.5, 0.6) is 5.75 Å². The molecule has 0 bridgehead atoms. The van der Waals surface area contributed by atoms with E-state index in [1.165, 1.54) is 0 Å². The number of amides is 3. The minimum absolute atomic E-state index is 0.304. The highest BCUT2D eigenvalue weighted by Crippen LogP contribution is 2.29. The van der Waals surface area contributed by atoms with E-state index in [0.29, 0.717) is 28.6 Å². The summed E-state index contributed by atoms with van der Waals surface area (Å²) in [4.78, 5) is 24.9. The van der Waals surface area contributed by atoms with E-state index in [2.05, 4.69) is 16.0 Å². The van der Waals surface area contributed by atoms with Crippen LogP contribution in [-0.2, 0) is 4.79 Å². The third-order valence-corrected chi connectivity index (χ3v) is 4.39. The number of rotatable bonds is 5.